The monoisotopic (exact) mass is 475 g/mol. The minimum Gasteiger partial charge on any atom is -0.496 e. The Morgan fingerprint density at radius 2 is 1.88 bits per heavy atom. The van der Waals surface area contributed by atoms with Crippen molar-refractivity contribution in [1.82, 2.24) is 20.6 Å². The third-order valence-corrected chi connectivity index (χ3v) is 4.95. The Bertz CT molecular complexity index is 725. The van der Waals surface area contributed by atoms with E-state index in [-0.39, 0.29) is 24.0 Å². The van der Waals surface area contributed by atoms with E-state index in [4.69, 9.17) is 4.74 Å². The molecule has 25 heavy (non-hydrogen) atoms. The van der Waals surface area contributed by atoms with E-state index in [1.54, 1.807) is 25.5 Å². The number of halogens is 1. The highest BCUT2D eigenvalue weighted by atomic mass is 127. The van der Waals surface area contributed by atoms with E-state index in [1.807, 2.05) is 27.0 Å². The molecule has 0 unspecified atom stereocenters. The van der Waals surface area contributed by atoms with Gasteiger partial charge in [0.25, 0.3) is 0 Å². The molecule has 0 radical (unpaired) electrons. The molecule has 0 fully saturated rings. The SMILES string of the molecule is CN=C(NCc1nc(C)c(C)s1)NCc1ncc(C)c(OC)c1C.I. The van der Waals surface area contributed by atoms with Crippen molar-refractivity contribution in [2.75, 3.05) is 14.2 Å². The summed E-state index contributed by atoms with van der Waals surface area (Å²) in [5, 5.41) is 7.63. The third-order valence-electron chi connectivity index (χ3n) is 3.88. The summed E-state index contributed by atoms with van der Waals surface area (Å²) >= 11 is 1.71. The molecule has 2 heterocycles. The number of hydrogen-bond donors (Lipinski definition) is 2. The van der Waals surface area contributed by atoms with E-state index in [1.165, 1.54) is 4.88 Å². The zero-order valence-electron chi connectivity index (χ0n) is 15.6. The molecular formula is C17H26IN5OS. The first-order chi connectivity index (χ1) is 11.5. The fourth-order valence-electron chi connectivity index (χ4n) is 2.41. The number of hydrogen-bond acceptors (Lipinski definition) is 5. The number of aryl methyl sites for hydroxylation is 3. The van der Waals surface area contributed by atoms with Crippen molar-refractivity contribution in [1.29, 1.82) is 0 Å². The highest BCUT2D eigenvalue weighted by Gasteiger charge is 2.10. The molecular weight excluding hydrogens is 449 g/mol. The lowest BCUT2D eigenvalue weighted by Crippen LogP contribution is -2.36. The van der Waals surface area contributed by atoms with Gasteiger partial charge in [-0.15, -0.1) is 35.3 Å². The number of thiazole rings is 1. The average Bonchev–Trinajstić information content (AvgIpc) is 2.88. The molecule has 6 nitrogen and oxygen atoms in total. The Hall–Kier alpha value is -1.42. The van der Waals surface area contributed by atoms with E-state index in [2.05, 4.69) is 32.5 Å². The molecule has 0 spiro atoms. The van der Waals surface area contributed by atoms with Crippen molar-refractivity contribution in [3.05, 3.63) is 38.6 Å². The van der Waals surface area contributed by atoms with E-state index < -0.39 is 0 Å². The van der Waals surface area contributed by atoms with Crippen molar-refractivity contribution >= 4 is 41.3 Å². The van der Waals surface area contributed by atoms with Gasteiger partial charge >= 0.3 is 0 Å². The van der Waals surface area contributed by atoms with E-state index >= 15 is 0 Å². The number of pyridine rings is 1. The number of methoxy groups -OCH3 is 1. The molecule has 2 rings (SSSR count). The van der Waals surface area contributed by atoms with Gasteiger partial charge in [0.1, 0.15) is 10.8 Å². The molecule has 0 aliphatic heterocycles. The summed E-state index contributed by atoms with van der Waals surface area (Å²) in [6.45, 7) is 9.37. The zero-order valence-corrected chi connectivity index (χ0v) is 18.7. The number of nitrogens with one attached hydrogen (secondary N) is 2. The number of rotatable bonds is 5. The lowest BCUT2D eigenvalue weighted by molar-refractivity contribution is 0.406. The van der Waals surface area contributed by atoms with Crippen molar-refractivity contribution in [3.8, 4) is 5.75 Å². The molecule has 0 amide bonds. The Kier molecular flexibility index (Phi) is 8.57. The molecule has 0 atom stereocenters. The predicted molar refractivity (Wildman–Crippen MR) is 114 cm³/mol. The lowest BCUT2D eigenvalue weighted by atomic mass is 10.1. The van der Waals surface area contributed by atoms with Crippen LogP contribution < -0.4 is 15.4 Å². The number of ether oxygens (including phenoxy) is 1. The second kappa shape index (κ2) is 9.91. The van der Waals surface area contributed by atoms with Crippen molar-refractivity contribution in [2.45, 2.75) is 40.8 Å². The van der Waals surface area contributed by atoms with Crippen LogP contribution >= 0.6 is 35.3 Å². The number of aliphatic imine (C=N–C) groups is 1. The average molecular weight is 475 g/mol. The Labute approximate surface area is 170 Å². The van der Waals surface area contributed by atoms with Crippen LogP contribution in [0.2, 0.25) is 0 Å². The maximum atomic E-state index is 5.45. The molecule has 0 saturated heterocycles. The number of aromatic nitrogens is 2. The highest BCUT2D eigenvalue weighted by Crippen LogP contribution is 2.23. The first kappa shape index (κ1) is 21.6. The highest BCUT2D eigenvalue weighted by molar-refractivity contribution is 14.0. The van der Waals surface area contributed by atoms with Crippen molar-refractivity contribution in [3.63, 3.8) is 0 Å². The van der Waals surface area contributed by atoms with Gasteiger partial charge in [0.15, 0.2) is 5.96 Å². The smallest absolute Gasteiger partial charge is 0.191 e. The summed E-state index contributed by atoms with van der Waals surface area (Å²) < 4.78 is 5.45. The summed E-state index contributed by atoms with van der Waals surface area (Å²) in [5.41, 5.74) is 4.12. The van der Waals surface area contributed by atoms with Crippen LogP contribution in [0.3, 0.4) is 0 Å². The summed E-state index contributed by atoms with van der Waals surface area (Å²) in [5.74, 6) is 1.61. The second-order valence-electron chi connectivity index (χ2n) is 5.57. The maximum Gasteiger partial charge on any atom is 0.191 e. The Balaban J connectivity index is 0.00000312. The second-order valence-corrected chi connectivity index (χ2v) is 6.86. The first-order valence-electron chi connectivity index (χ1n) is 7.82. The molecule has 0 aliphatic rings. The molecule has 2 aromatic rings. The molecule has 0 saturated carbocycles. The molecule has 0 bridgehead atoms. The summed E-state index contributed by atoms with van der Waals surface area (Å²) in [6.07, 6.45) is 1.83. The van der Waals surface area contributed by atoms with Crippen LogP contribution in [0.1, 0.15) is 32.4 Å². The number of nitrogens with zero attached hydrogens (tertiary/aromatic N) is 3. The largest absolute Gasteiger partial charge is 0.496 e. The normalized spacial score (nSPS) is 11.0. The van der Waals surface area contributed by atoms with Gasteiger partial charge in [0, 0.05) is 29.2 Å². The molecule has 0 aliphatic carbocycles. The molecule has 2 aromatic heterocycles. The minimum absolute atomic E-state index is 0. The van der Waals surface area contributed by atoms with Gasteiger partial charge in [-0.2, -0.15) is 0 Å². The maximum absolute atomic E-state index is 5.45. The van der Waals surface area contributed by atoms with Gasteiger partial charge in [-0.05, 0) is 27.7 Å². The fourth-order valence-corrected chi connectivity index (χ4v) is 3.29. The zero-order chi connectivity index (χ0) is 17.7. The molecule has 0 aromatic carbocycles. The molecule has 2 N–H and O–H groups in total. The van der Waals surface area contributed by atoms with Gasteiger partial charge in [-0.25, -0.2) is 4.98 Å². The van der Waals surface area contributed by atoms with Crippen molar-refractivity contribution < 1.29 is 4.74 Å². The first-order valence-corrected chi connectivity index (χ1v) is 8.64. The van der Waals surface area contributed by atoms with Crippen molar-refractivity contribution in [2.24, 2.45) is 4.99 Å². The molecule has 8 heteroatoms. The van der Waals surface area contributed by atoms with Gasteiger partial charge in [0.2, 0.25) is 0 Å². The van der Waals surface area contributed by atoms with Gasteiger partial charge in [-0.3, -0.25) is 9.98 Å². The predicted octanol–water partition coefficient (Wildman–Crippen LogP) is 3.26. The van der Waals surface area contributed by atoms with Crippen LogP contribution in [0, 0.1) is 27.7 Å². The summed E-state index contributed by atoms with van der Waals surface area (Å²) in [6, 6.07) is 0. The van der Waals surface area contributed by atoms with E-state index in [0.717, 1.165) is 39.2 Å². The molecule has 138 valence electrons. The fraction of sp³-hybridized carbons (Fsp3) is 0.471. The summed E-state index contributed by atoms with van der Waals surface area (Å²) in [4.78, 5) is 14.5. The van der Waals surface area contributed by atoms with Gasteiger partial charge < -0.3 is 15.4 Å². The standard InChI is InChI=1S/C17H25N5OS.HI/c1-10-7-19-14(11(2)16(10)23-6)8-20-17(18-5)21-9-15-22-12(3)13(4)24-15;/h7H,8-9H2,1-6H3,(H2,18,20,21);1H. The number of guanidine groups is 1. The van der Waals surface area contributed by atoms with Crippen LogP contribution in [0.4, 0.5) is 0 Å². The minimum atomic E-state index is 0. The topological polar surface area (TPSA) is 71.4 Å². The van der Waals surface area contributed by atoms with Crippen LogP contribution in [0.25, 0.3) is 0 Å². The van der Waals surface area contributed by atoms with Crippen LogP contribution in [-0.4, -0.2) is 30.1 Å². The van der Waals surface area contributed by atoms with Gasteiger partial charge in [-0.1, -0.05) is 0 Å². The Morgan fingerprint density at radius 1 is 1.20 bits per heavy atom. The quantitative estimate of drug-likeness (QED) is 0.395. The van der Waals surface area contributed by atoms with E-state index in [9.17, 15) is 0 Å². The Morgan fingerprint density at radius 3 is 2.44 bits per heavy atom. The van der Waals surface area contributed by atoms with Crippen LogP contribution in [0.5, 0.6) is 5.75 Å². The third kappa shape index (κ3) is 5.53. The summed E-state index contributed by atoms with van der Waals surface area (Å²) in [7, 11) is 3.44. The lowest BCUT2D eigenvalue weighted by Gasteiger charge is -2.14. The van der Waals surface area contributed by atoms with E-state index in [0.29, 0.717) is 13.1 Å². The van der Waals surface area contributed by atoms with Crippen LogP contribution in [0.15, 0.2) is 11.2 Å². The van der Waals surface area contributed by atoms with Gasteiger partial charge in [0.05, 0.1) is 31.6 Å². The van der Waals surface area contributed by atoms with Crippen LogP contribution in [-0.2, 0) is 13.1 Å².